The first-order valence-corrected chi connectivity index (χ1v) is 8.63. The van der Waals surface area contributed by atoms with E-state index < -0.39 is 5.91 Å². The largest absolute Gasteiger partial charge is 0.456 e. The molecule has 2 heterocycles. The van der Waals surface area contributed by atoms with Crippen molar-refractivity contribution < 1.29 is 14.0 Å². The lowest BCUT2D eigenvalue weighted by atomic mass is 9.85. The number of carbonyl (C=O) groups excluding carboxylic acids is 2. The summed E-state index contributed by atoms with van der Waals surface area (Å²) in [6, 6.07) is 3.35. The smallest absolute Gasteiger partial charge is 0.291 e. The molecule has 5 nitrogen and oxygen atoms in total. The Bertz CT molecular complexity index is 760. The normalized spacial score (nSPS) is 16.9. The van der Waals surface area contributed by atoms with E-state index in [0.717, 1.165) is 31.2 Å². The number of aryl methyl sites for hydroxylation is 1. The van der Waals surface area contributed by atoms with E-state index in [1.165, 1.54) is 16.2 Å². The van der Waals surface area contributed by atoms with Gasteiger partial charge in [0.25, 0.3) is 11.8 Å². The number of amides is 2. The average molecular weight is 332 g/mol. The number of rotatable bonds is 4. The molecule has 0 aliphatic heterocycles. The lowest BCUT2D eigenvalue weighted by Crippen LogP contribution is -2.19. The van der Waals surface area contributed by atoms with Gasteiger partial charge >= 0.3 is 0 Å². The van der Waals surface area contributed by atoms with Crippen molar-refractivity contribution in [3.8, 4) is 0 Å². The molecule has 23 heavy (non-hydrogen) atoms. The Morgan fingerprint density at radius 3 is 2.83 bits per heavy atom. The van der Waals surface area contributed by atoms with E-state index >= 15 is 0 Å². The highest BCUT2D eigenvalue weighted by Gasteiger charge is 2.28. The minimum Gasteiger partial charge on any atom is -0.456 e. The summed E-state index contributed by atoms with van der Waals surface area (Å²) < 4.78 is 5.33. The van der Waals surface area contributed by atoms with Gasteiger partial charge in [0, 0.05) is 4.88 Å². The van der Waals surface area contributed by atoms with Crippen LogP contribution in [-0.4, -0.2) is 11.8 Å². The fourth-order valence-electron chi connectivity index (χ4n) is 3.07. The van der Waals surface area contributed by atoms with Gasteiger partial charge in [0.2, 0.25) is 0 Å². The zero-order chi connectivity index (χ0) is 16.6. The van der Waals surface area contributed by atoms with Gasteiger partial charge in [-0.05, 0) is 49.8 Å². The van der Waals surface area contributed by atoms with E-state index in [1.54, 1.807) is 19.1 Å². The fraction of sp³-hybridized carbons (Fsp3) is 0.412. The van der Waals surface area contributed by atoms with Crippen molar-refractivity contribution in [1.29, 1.82) is 0 Å². The molecule has 3 N–H and O–H groups in total. The van der Waals surface area contributed by atoms with Crippen LogP contribution in [0.25, 0.3) is 0 Å². The first-order chi connectivity index (χ1) is 11.0. The van der Waals surface area contributed by atoms with E-state index in [2.05, 4.69) is 12.2 Å². The molecule has 3 rings (SSSR count). The molecule has 0 spiro atoms. The second-order valence-electron chi connectivity index (χ2n) is 5.95. The lowest BCUT2D eigenvalue weighted by molar-refractivity contribution is 0.0996. The van der Waals surface area contributed by atoms with Crippen LogP contribution in [0.2, 0.25) is 0 Å². The maximum Gasteiger partial charge on any atom is 0.291 e. The highest BCUT2D eigenvalue weighted by Crippen LogP contribution is 2.40. The van der Waals surface area contributed by atoms with Crippen LogP contribution < -0.4 is 11.1 Å². The standard InChI is InChI=1S/C17H20N2O3S/c1-3-10-5-6-11-13(8-10)23-17(14(11)15(18)20)19-16(21)12-7-4-9(2)22-12/h4,7,10H,3,5-6,8H2,1-2H3,(H2,18,20)(H,19,21)/t10-/m0/s1. The van der Waals surface area contributed by atoms with Crippen LogP contribution in [0.15, 0.2) is 16.5 Å². The van der Waals surface area contributed by atoms with Crippen molar-refractivity contribution in [2.24, 2.45) is 11.7 Å². The molecule has 2 aromatic rings. The summed E-state index contributed by atoms with van der Waals surface area (Å²) in [5.41, 5.74) is 7.04. The van der Waals surface area contributed by atoms with Crippen LogP contribution in [0.3, 0.4) is 0 Å². The number of nitrogens with one attached hydrogen (secondary N) is 1. The van der Waals surface area contributed by atoms with Crippen molar-refractivity contribution in [3.05, 3.63) is 39.7 Å². The summed E-state index contributed by atoms with van der Waals surface area (Å²) in [6.45, 7) is 3.96. The minimum atomic E-state index is -0.483. The SMILES string of the molecule is CC[C@H]1CCc2c(sc(NC(=O)c3ccc(C)o3)c2C(N)=O)C1. The quantitative estimate of drug-likeness (QED) is 0.898. The van der Waals surface area contributed by atoms with E-state index in [1.807, 2.05) is 0 Å². The van der Waals surface area contributed by atoms with Crippen LogP contribution in [0.5, 0.6) is 0 Å². The summed E-state index contributed by atoms with van der Waals surface area (Å²) in [5, 5.41) is 3.34. The molecule has 0 radical (unpaired) electrons. The number of anilines is 1. The Morgan fingerprint density at radius 1 is 1.43 bits per heavy atom. The molecule has 1 atom stereocenters. The second kappa shape index (κ2) is 6.20. The highest BCUT2D eigenvalue weighted by molar-refractivity contribution is 7.17. The Kier molecular flexibility index (Phi) is 4.26. The monoisotopic (exact) mass is 332 g/mol. The minimum absolute atomic E-state index is 0.232. The number of hydrogen-bond acceptors (Lipinski definition) is 4. The lowest BCUT2D eigenvalue weighted by Gasteiger charge is -2.20. The molecule has 6 heteroatoms. The number of fused-ring (bicyclic) bond motifs is 1. The maximum atomic E-state index is 12.3. The van der Waals surface area contributed by atoms with Crippen molar-refractivity contribution in [2.45, 2.75) is 39.5 Å². The molecule has 0 aromatic carbocycles. The van der Waals surface area contributed by atoms with Gasteiger partial charge in [-0.3, -0.25) is 9.59 Å². The number of carbonyl (C=O) groups is 2. The van der Waals surface area contributed by atoms with Gasteiger partial charge in [0.15, 0.2) is 5.76 Å². The second-order valence-corrected chi connectivity index (χ2v) is 7.06. The van der Waals surface area contributed by atoms with E-state index in [0.29, 0.717) is 22.2 Å². The van der Waals surface area contributed by atoms with Gasteiger partial charge in [-0.15, -0.1) is 11.3 Å². The topological polar surface area (TPSA) is 85.3 Å². The van der Waals surface area contributed by atoms with Gasteiger partial charge in [0.1, 0.15) is 10.8 Å². The first-order valence-electron chi connectivity index (χ1n) is 7.81. The summed E-state index contributed by atoms with van der Waals surface area (Å²) in [7, 11) is 0. The summed E-state index contributed by atoms with van der Waals surface area (Å²) in [4.78, 5) is 25.3. The third kappa shape index (κ3) is 3.03. The predicted octanol–water partition coefficient (Wildman–Crippen LogP) is 3.52. The Balaban J connectivity index is 1.91. The molecule has 122 valence electrons. The highest BCUT2D eigenvalue weighted by atomic mass is 32.1. The van der Waals surface area contributed by atoms with Crippen LogP contribution >= 0.6 is 11.3 Å². The van der Waals surface area contributed by atoms with E-state index in [9.17, 15) is 9.59 Å². The average Bonchev–Trinajstić information content (AvgIpc) is 3.09. The Hall–Kier alpha value is -2.08. The number of hydrogen-bond donors (Lipinski definition) is 2. The zero-order valence-corrected chi connectivity index (χ0v) is 14.1. The van der Waals surface area contributed by atoms with Gasteiger partial charge in [-0.2, -0.15) is 0 Å². The van der Waals surface area contributed by atoms with Crippen molar-refractivity contribution in [2.75, 3.05) is 5.32 Å². The van der Waals surface area contributed by atoms with Crippen molar-refractivity contribution in [3.63, 3.8) is 0 Å². The number of nitrogens with two attached hydrogens (primary N) is 1. The Labute approximate surface area is 138 Å². The Morgan fingerprint density at radius 2 is 2.22 bits per heavy atom. The molecule has 2 amide bonds. The predicted molar refractivity (Wildman–Crippen MR) is 90.0 cm³/mol. The zero-order valence-electron chi connectivity index (χ0n) is 13.3. The number of thiophene rings is 1. The molecule has 2 aromatic heterocycles. The first kappa shape index (κ1) is 15.8. The van der Waals surface area contributed by atoms with Gasteiger partial charge < -0.3 is 15.5 Å². The maximum absolute atomic E-state index is 12.3. The molecule has 1 aliphatic carbocycles. The number of furan rings is 1. The van der Waals surface area contributed by atoms with Gasteiger partial charge in [0.05, 0.1) is 5.56 Å². The van der Waals surface area contributed by atoms with E-state index in [4.69, 9.17) is 10.2 Å². The summed E-state index contributed by atoms with van der Waals surface area (Å²) >= 11 is 1.46. The molecular formula is C17H20N2O3S. The summed E-state index contributed by atoms with van der Waals surface area (Å²) in [6.07, 6.45) is 3.98. The molecule has 0 saturated carbocycles. The van der Waals surface area contributed by atoms with Crippen molar-refractivity contribution >= 4 is 28.2 Å². The third-order valence-electron chi connectivity index (χ3n) is 4.38. The van der Waals surface area contributed by atoms with Crippen molar-refractivity contribution in [1.82, 2.24) is 0 Å². The van der Waals surface area contributed by atoms with Crippen LogP contribution in [0, 0.1) is 12.8 Å². The van der Waals surface area contributed by atoms with Crippen LogP contribution in [-0.2, 0) is 12.8 Å². The molecule has 0 saturated heterocycles. The van der Waals surface area contributed by atoms with Crippen LogP contribution in [0.1, 0.15) is 56.9 Å². The summed E-state index contributed by atoms with van der Waals surface area (Å²) in [5.74, 6) is 0.699. The molecule has 0 fully saturated rings. The van der Waals surface area contributed by atoms with Gasteiger partial charge in [-0.25, -0.2) is 0 Å². The van der Waals surface area contributed by atoms with E-state index in [-0.39, 0.29) is 11.7 Å². The molecule has 1 aliphatic rings. The fourth-order valence-corrected chi connectivity index (χ4v) is 4.43. The van der Waals surface area contributed by atoms with Crippen LogP contribution in [0.4, 0.5) is 5.00 Å². The van der Waals surface area contributed by atoms with Gasteiger partial charge in [-0.1, -0.05) is 13.3 Å². The molecule has 0 bridgehead atoms. The number of primary amides is 1. The third-order valence-corrected chi connectivity index (χ3v) is 5.55. The molecule has 0 unspecified atom stereocenters. The molecular weight excluding hydrogens is 312 g/mol.